The second kappa shape index (κ2) is 5.97. The van der Waals surface area contributed by atoms with E-state index in [1.165, 1.54) is 4.90 Å². The van der Waals surface area contributed by atoms with Crippen molar-refractivity contribution in [3.8, 4) is 0 Å². The lowest BCUT2D eigenvalue weighted by molar-refractivity contribution is 0.0821. The summed E-state index contributed by atoms with van der Waals surface area (Å²) in [4.78, 5) is 13.1. The lowest BCUT2D eigenvalue weighted by atomic mass is 10.1. The summed E-state index contributed by atoms with van der Waals surface area (Å²) in [7, 11) is 3.36. The van der Waals surface area contributed by atoms with Gasteiger partial charge >= 0.3 is 0 Å². The number of hydrogen-bond donors (Lipinski definition) is 2. The molecule has 19 heavy (non-hydrogen) atoms. The third kappa shape index (κ3) is 3.64. The highest BCUT2D eigenvalue weighted by Gasteiger charge is 2.22. The first kappa shape index (κ1) is 13.7. The first-order chi connectivity index (χ1) is 9.06. The van der Waals surface area contributed by atoms with Gasteiger partial charge in [0.1, 0.15) is 5.82 Å². The maximum absolute atomic E-state index is 11.6. The molecule has 2 rings (SSSR count). The number of aliphatic hydroxyl groups is 1. The maximum atomic E-state index is 11.6. The molecule has 2 N–H and O–H groups in total. The number of aliphatic hydroxyl groups excluding tert-OH is 1. The minimum Gasteiger partial charge on any atom is -0.393 e. The Morgan fingerprint density at radius 2 is 2.21 bits per heavy atom. The van der Waals surface area contributed by atoms with Gasteiger partial charge in [-0.05, 0) is 37.3 Å². The number of nitrogens with zero attached hydrogens (tertiary/aromatic N) is 3. The molecule has 1 aromatic heterocycles. The minimum absolute atomic E-state index is 0.155. The van der Waals surface area contributed by atoms with Gasteiger partial charge < -0.3 is 15.3 Å². The topological polar surface area (TPSA) is 78.4 Å². The van der Waals surface area contributed by atoms with Crippen molar-refractivity contribution in [3.05, 3.63) is 17.8 Å². The smallest absolute Gasteiger partial charge is 0.273 e. The molecule has 1 saturated carbocycles. The number of carbonyl (C=O) groups is 1. The van der Waals surface area contributed by atoms with Crippen LogP contribution in [0.15, 0.2) is 12.1 Å². The zero-order valence-electron chi connectivity index (χ0n) is 11.3. The Morgan fingerprint density at radius 1 is 1.42 bits per heavy atom. The van der Waals surface area contributed by atoms with Gasteiger partial charge in [0.25, 0.3) is 5.91 Å². The van der Waals surface area contributed by atoms with Gasteiger partial charge in [-0.2, -0.15) is 0 Å². The van der Waals surface area contributed by atoms with Gasteiger partial charge in [0.15, 0.2) is 5.69 Å². The molecule has 1 amide bonds. The number of nitrogens with one attached hydrogen (secondary N) is 1. The largest absolute Gasteiger partial charge is 0.393 e. The molecule has 104 valence electrons. The van der Waals surface area contributed by atoms with E-state index in [4.69, 9.17) is 0 Å². The third-order valence-corrected chi connectivity index (χ3v) is 3.38. The SMILES string of the molecule is CN(C)C(=O)c1ccc(NCC2CCC(O)C2)nn1. The van der Waals surface area contributed by atoms with Crippen molar-refractivity contribution in [1.82, 2.24) is 15.1 Å². The summed E-state index contributed by atoms with van der Waals surface area (Å²) in [5, 5.41) is 20.5. The highest BCUT2D eigenvalue weighted by atomic mass is 16.3. The van der Waals surface area contributed by atoms with Crippen LogP contribution >= 0.6 is 0 Å². The molecular formula is C13H20N4O2. The summed E-state index contributed by atoms with van der Waals surface area (Å²) in [6.45, 7) is 0.784. The van der Waals surface area contributed by atoms with E-state index in [1.807, 2.05) is 0 Å². The second-order valence-electron chi connectivity index (χ2n) is 5.22. The van der Waals surface area contributed by atoms with E-state index in [-0.39, 0.29) is 12.0 Å². The fourth-order valence-electron chi connectivity index (χ4n) is 2.25. The van der Waals surface area contributed by atoms with Crippen LogP contribution in [0.25, 0.3) is 0 Å². The number of amides is 1. The Hall–Kier alpha value is -1.69. The van der Waals surface area contributed by atoms with Crippen molar-refractivity contribution in [2.45, 2.75) is 25.4 Å². The van der Waals surface area contributed by atoms with Crippen molar-refractivity contribution >= 4 is 11.7 Å². The Bertz CT molecular complexity index is 433. The van der Waals surface area contributed by atoms with Crippen LogP contribution in [0.2, 0.25) is 0 Å². The van der Waals surface area contributed by atoms with E-state index in [0.717, 1.165) is 25.8 Å². The number of rotatable bonds is 4. The molecule has 6 nitrogen and oxygen atoms in total. The highest BCUT2D eigenvalue weighted by Crippen LogP contribution is 2.25. The predicted molar refractivity (Wildman–Crippen MR) is 71.9 cm³/mol. The Labute approximate surface area is 112 Å². The predicted octanol–water partition coefficient (Wildman–Crippen LogP) is 0.751. The summed E-state index contributed by atoms with van der Waals surface area (Å²) in [6.07, 6.45) is 2.61. The zero-order valence-corrected chi connectivity index (χ0v) is 11.3. The van der Waals surface area contributed by atoms with E-state index in [9.17, 15) is 9.90 Å². The van der Waals surface area contributed by atoms with Crippen molar-refractivity contribution in [2.24, 2.45) is 5.92 Å². The summed E-state index contributed by atoms with van der Waals surface area (Å²) >= 11 is 0. The number of anilines is 1. The van der Waals surface area contributed by atoms with Crippen molar-refractivity contribution < 1.29 is 9.90 Å². The Morgan fingerprint density at radius 3 is 2.74 bits per heavy atom. The lowest BCUT2D eigenvalue weighted by Crippen LogP contribution is -2.23. The molecule has 2 atom stereocenters. The molecule has 0 radical (unpaired) electrons. The van der Waals surface area contributed by atoms with Crippen LogP contribution < -0.4 is 5.32 Å². The van der Waals surface area contributed by atoms with E-state index in [2.05, 4.69) is 15.5 Å². The van der Waals surface area contributed by atoms with E-state index < -0.39 is 0 Å². The van der Waals surface area contributed by atoms with Crippen LogP contribution in [0.3, 0.4) is 0 Å². The van der Waals surface area contributed by atoms with Crippen LogP contribution in [-0.2, 0) is 0 Å². The van der Waals surface area contributed by atoms with Gasteiger partial charge in [-0.25, -0.2) is 0 Å². The normalized spacial score (nSPS) is 22.3. The van der Waals surface area contributed by atoms with Gasteiger partial charge in [0.2, 0.25) is 0 Å². The monoisotopic (exact) mass is 264 g/mol. The van der Waals surface area contributed by atoms with E-state index >= 15 is 0 Å². The second-order valence-corrected chi connectivity index (χ2v) is 5.22. The average Bonchev–Trinajstić information content (AvgIpc) is 2.82. The average molecular weight is 264 g/mol. The Kier molecular flexibility index (Phi) is 4.31. The van der Waals surface area contributed by atoms with Gasteiger partial charge in [-0.3, -0.25) is 4.79 Å². The molecule has 2 unspecified atom stereocenters. The highest BCUT2D eigenvalue weighted by molar-refractivity contribution is 5.91. The summed E-state index contributed by atoms with van der Waals surface area (Å²) in [5.74, 6) is 0.995. The van der Waals surface area contributed by atoms with Gasteiger partial charge in [-0.15, -0.1) is 10.2 Å². The fourth-order valence-corrected chi connectivity index (χ4v) is 2.25. The number of hydrogen-bond acceptors (Lipinski definition) is 5. The molecule has 1 fully saturated rings. The summed E-state index contributed by atoms with van der Waals surface area (Å²) < 4.78 is 0. The van der Waals surface area contributed by atoms with Crippen LogP contribution in [0.4, 0.5) is 5.82 Å². The first-order valence-electron chi connectivity index (χ1n) is 6.53. The molecule has 0 saturated heterocycles. The maximum Gasteiger partial charge on any atom is 0.273 e. The van der Waals surface area contributed by atoms with Gasteiger partial charge in [0, 0.05) is 20.6 Å². The molecule has 0 bridgehead atoms. The number of carbonyl (C=O) groups excluding carboxylic acids is 1. The molecule has 1 aromatic rings. The third-order valence-electron chi connectivity index (χ3n) is 3.38. The molecule has 1 aliphatic rings. The molecule has 0 aromatic carbocycles. The molecule has 1 aliphatic carbocycles. The molecule has 6 heteroatoms. The Balaban J connectivity index is 1.87. The first-order valence-corrected chi connectivity index (χ1v) is 6.53. The van der Waals surface area contributed by atoms with Crippen molar-refractivity contribution in [3.63, 3.8) is 0 Å². The standard InChI is InChI=1S/C13H20N4O2/c1-17(2)13(19)11-5-6-12(16-15-11)14-8-9-3-4-10(18)7-9/h5-6,9-10,18H,3-4,7-8H2,1-2H3,(H,14,16). The van der Waals surface area contributed by atoms with Gasteiger partial charge in [0.05, 0.1) is 6.10 Å². The minimum atomic E-state index is -0.155. The number of aromatic nitrogens is 2. The van der Waals surface area contributed by atoms with E-state index in [1.54, 1.807) is 26.2 Å². The van der Waals surface area contributed by atoms with Gasteiger partial charge in [-0.1, -0.05) is 0 Å². The van der Waals surface area contributed by atoms with Crippen molar-refractivity contribution in [1.29, 1.82) is 0 Å². The zero-order chi connectivity index (χ0) is 13.8. The van der Waals surface area contributed by atoms with Crippen LogP contribution in [0.5, 0.6) is 0 Å². The van der Waals surface area contributed by atoms with Crippen LogP contribution in [-0.4, -0.2) is 52.9 Å². The van der Waals surface area contributed by atoms with E-state index in [0.29, 0.717) is 17.4 Å². The quantitative estimate of drug-likeness (QED) is 0.839. The molecular weight excluding hydrogens is 244 g/mol. The van der Waals surface area contributed by atoms with Crippen LogP contribution in [0.1, 0.15) is 29.8 Å². The fraction of sp³-hybridized carbons (Fsp3) is 0.615. The van der Waals surface area contributed by atoms with Crippen LogP contribution in [0, 0.1) is 5.92 Å². The summed E-state index contributed by atoms with van der Waals surface area (Å²) in [6, 6.07) is 3.43. The molecule has 1 heterocycles. The van der Waals surface area contributed by atoms with Crippen molar-refractivity contribution in [2.75, 3.05) is 26.0 Å². The summed E-state index contributed by atoms with van der Waals surface area (Å²) in [5.41, 5.74) is 0.340. The molecule has 0 spiro atoms. The molecule has 0 aliphatic heterocycles. The lowest BCUT2D eigenvalue weighted by Gasteiger charge is -2.12.